The number of hydrogen-bond acceptors (Lipinski definition) is 6. The lowest BCUT2D eigenvalue weighted by Crippen LogP contribution is -2.26. The standard InChI is InChI=1S/C21H22N4O3/c1-3-28-19-7-4-12(10-24-19)14-8-15-17(9-18(14)27-2)23-11-16(20(15)22)21(26)25-13-5-6-13/h4,7-11,13H,3,5-6H2,1-2H3,(H2,22,23)(H,25,26). The quantitative estimate of drug-likeness (QED) is 0.683. The van der Waals surface area contributed by atoms with Gasteiger partial charge in [-0.1, -0.05) is 0 Å². The predicted molar refractivity (Wildman–Crippen MR) is 108 cm³/mol. The number of nitrogens with zero attached hydrogens (tertiary/aromatic N) is 2. The fourth-order valence-electron chi connectivity index (χ4n) is 3.08. The molecule has 0 spiro atoms. The summed E-state index contributed by atoms with van der Waals surface area (Å²) < 4.78 is 10.9. The highest BCUT2D eigenvalue weighted by atomic mass is 16.5. The van der Waals surface area contributed by atoms with Crippen LogP contribution in [0.4, 0.5) is 5.69 Å². The molecule has 0 bridgehead atoms. The zero-order valence-corrected chi connectivity index (χ0v) is 15.9. The van der Waals surface area contributed by atoms with Crippen molar-refractivity contribution < 1.29 is 14.3 Å². The molecule has 1 amide bonds. The smallest absolute Gasteiger partial charge is 0.255 e. The maximum Gasteiger partial charge on any atom is 0.255 e. The van der Waals surface area contributed by atoms with Crippen molar-refractivity contribution in [3.05, 3.63) is 42.2 Å². The van der Waals surface area contributed by atoms with Gasteiger partial charge in [-0.15, -0.1) is 0 Å². The van der Waals surface area contributed by atoms with E-state index >= 15 is 0 Å². The fourth-order valence-corrected chi connectivity index (χ4v) is 3.08. The average molecular weight is 378 g/mol. The third kappa shape index (κ3) is 3.43. The lowest BCUT2D eigenvalue weighted by Gasteiger charge is -2.14. The summed E-state index contributed by atoms with van der Waals surface area (Å²) in [6.07, 6.45) is 5.27. The Labute approximate surface area is 162 Å². The number of nitrogens with two attached hydrogens (primary N) is 1. The number of nitrogens with one attached hydrogen (secondary N) is 1. The number of rotatable bonds is 6. The second-order valence-electron chi connectivity index (χ2n) is 6.72. The van der Waals surface area contributed by atoms with Crippen LogP contribution in [-0.4, -0.2) is 35.6 Å². The van der Waals surface area contributed by atoms with Gasteiger partial charge in [0.05, 0.1) is 30.5 Å². The molecule has 2 heterocycles. The number of anilines is 1. The van der Waals surface area contributed by atoms with E-state index in [4.69, 9.17) is 15.2 Å². The lowest BCUT2D eigenvalue weighted by molar-refractivity contribution is 0.0952. The molecular weight excluding hydrogens is 356 g/mol. The van der Waals surface area contributed by atoms with Crippen LogP contribution in [0.25, 0.3) is 22.0 Å². The minimum atomic E-state index is -0.186. The predicted octanol–water partition coefficient (Wildman–Crippen LogP) is 3.18. The van der Waals surface area contributed by atoms with Crippen molar-refractivity contribution in [3.63, 3.8) is 0 Å². The van der Waals surface area contributed by atoms with Crippen LogP contribution in [-0.2, 0) is 0 Å². The van der Waals surface area contributed by atoms with Crippen molar-refractivity contribution in [2.75, 3.05) is 19.5 Å². The summed E-state index contributed by atoms with van der Waals surface area (Å²) in [6, 6.07) is 7.68. The van der Waals surface area contributed by atoms with Crippen LogP contribution >= 0.6 is 0 Å². The van der Waals surface area contributed by atoms with Crippen LogP contribution in [0.3, 0.4) is 0 Å². The topological polar surface area (TPSA) is 99.4 Å². The number of pyridine rings is 2. The molecule has 144 valence electrons. The van der Waals surface area contributed by atoms with E-state index in [0.717, 1.165) is 24.0 Å². The van der Waals surface area contributed by atoms with Gasteiger partial charge in [0.2, 0.25) is 5.88 Å². The van der Waals surface area contributed by atoms with Crippen LogP contribution in [0.1, 0.15) is 30.1 Å². The zero-order chi connectivity index (χ0) is 19.7. The molecular formula is C21H22N4O3. The van der Waals surface area contributed by atoms with Gasteiger partial charge in [-0.05, 0) is 31.9 Å². The number of nitrogen functional groups attached to an aromatic ring is 1. The number of fused-ring (bicyclic) bond motifs is 1. The molecule has 0 atom stereocenters. The van der Waals surface area contributed by atoms with Crippen molar-refractivity contribution in [2.24, 2.45) is 0 Å². The molecule has 1 saturated carbocycles. The first-order valence-corrected chi connectivity index (χ1v) is 9.27. The molecule has 0 radical (unpaired) electrons. The van der Waals surface area contributed by atoms with E-state index in [1.54, 1.807) is 13.3 Å². The van der Waals surface area contributed by atoms with Gasteiger partial charge < -0.3 is 20.5 Å². The summed E-state index contributed by atoms with van der Waals surface area (Å²) in [6.45, 7) is 2.47. The SMILES string of the molecule is CCOc1ccc(-c2cc3c(N)c(C(=O)NC4CC4)cnc3cc2OC)cn1. The molecule has 1 aliphatic rings. The summed E-state index contributed by atoms with van der Waals surface area (Å²) in [5.74, 6) is 1.03. The maximum absolute atomic E-state index is 12.5. The van der Waals surface area contributed by atoms with E-state index in [0.29, 0.717) is 40.4 Å². The summed E-state index contributed by atoms with van der Waals surface area (Å²) in [4.78, 5) is 21.2. The molecule has 0 unspecified atom stereocenters. The molecule has 4 rings (SSSR count). The number of aromatic nitrogens is 2. The number of benzene rings is 1. The number of carbonyl (C=O) groups is 1. The summed E-state index contributed by atoms with van der Waals surface area (Å²) in [5.41, 5.74) is 9.48. The summed E-state index contributed by atoms with van der Waals surface area (Å²) in [5, 5.41) is 3.66. The van der Waals surface area contributed by atoms with Crippen molar-refractivity contribution in [1.82, 2.24) is 15.3 Å². The molecule has 0 aliphatic heterocycles. The normalized spacial score (nSPS) is 13.4. The highest BCUT2D eigenvalue weighted by Gasteiger charge is 2.25. The first kappa shape index (κ1) is 18.0. The van der Waals surface area contributed by atoms with Gasteiger partial charge in [-0.3, -0.25) is 9.78 Å². The molecule has 7 heteroatoms. The first-order valence-electron chi connectivity index (χ1n) is 9.27. The van der Waals surface area contributed by atoms with Crippen LogP contribution in [0, 0.1) is 0 Å². The average Bonchev–Trinajstić information content (AvgIpc) is 3.52. The second kappa shape index (κ2) is 7.34. The lowest BCUT2D eigenvalue weighted by atomic mass is 10.0. The Morgan fingerprint density at radius 2 is 2.07 bits per heavy atom. The summed E-state index contributed by atoms with van der Waals surface area (Å²) in [7, 11) is 1.60. The van der Waals surface area contributed by atoms with E-state index in [9.17, 15) is 4.79 Å². The van der Waals surface area contributed by atoms with Gasteiger partial charge in [-0.2, -0.15) is 0 Å². The Hall–Kier alpha value is -3.35. The Balaban J connectivity index is 1.78. The van der Waals surface area contributed by atoms with Gasteiger partial charge in [-0.25, -0.2) is 4.98 Å². The zero-order valence-electron chi connectivity index (χ0n) is 15.9. The maximum atomic E-state index is 12.5. The first-order chi connectivity index (χ1) is 13.6. The van der Waals surface area contributed by atoms with Crippen LogP contribution in [0.5, 0.6) is 11.6 Å². The van der Waals surface area contributed by atoms with Gasteiger partial charge in [0.1, 0.15) is 5.75 Å². The molecule has 7 nitrogen and oxygen atoms in total. The van der Waals surface area contributed by atoms with E-state index in [2.05, 4.69) is 15.3 Å². The third-order valence-electron chi connectivity index (χ3n) is 4.73. The second-order valence-corrected chi connectivity index (χ2v) is 6.72. The molecule has 28 heavy (non-hydrogen) atoms. The fraction of sp³-hybridized carbons (Fsp3) is 0.286. The van der Waals surface area contributed by atoms with Gasteiger partial charge >= 0.3 is 0 Å². The Morgan fingerprint density at radius 3 is 2.71 bits per heavy atom. The molecule has 1 fully saturated rings. The van der Waals surface area contributed by atoms with E-state index in [-0.39, 0.29) is 11.9 Å². The molecule has 0 saturated heterocycles. The summed E-state index contributed by atoms with van der Waals surface area (Å²) >= 11 is 0. The molecule has 3 N–H and O–H groups in total. The van der Waals surface area contributed by atoms with Gasteiger partial charge in [0, 0.05) is 47.1 Å². The van der Waals surface area contributed by atoms with E-state index < -0.39 is 0 Å². The Morgan fingerprint density at radius 1 is 1.25 bits per heavy atom. The monoisotopic (exact) mass is 378 g/mol. The number of amides is 1. The van der Waals surface area contributed by atoms with Crippen LogP contribution in [0.2, 0.25) is 0 Å². The molecule has 2 aromatic heterocycles. The van der Waals surface area contributed by atoms with Crippen molar-refractivity contribution >= 4 is 22.5 Å². The van der Waals surface area contributed by atoms with Crippen LogP contribution in [0.15, 0.2) is 36.7 Å². The van der Waals surface area contributed by atoms with Crippen molar-refractivity contribution in [3.8, 4) is 22.8 Å². The number of methoxy groups -OCH3 is 1. The van der Waals surface area contributed by atoms with Crippen LogP contribution < -0.4 is 20.5 Å². The molecule has 1 aromatic carbocycles. The Kier molecular flexibility index (Phi) is 4.73. The Bertz CT molecular complexity index is 1030. The number of ether oxygens (including phenoxy) is 2. The number of carbonyl (C=O) groups excluding carboxylic acids is 1. The third-order valence-corrected chi connectivity index (χ3v) is 4.73. The van der Waals surface area contributed by atoms with Crippen molar-refractivity contribution in [2.45, 2.75) is 25.8 Å². The minimum Gasteiger partial charge on any atom is -0.496 e. The molecule has 1 aliphatic carbocycles. The van der Waals surface area contributed by atoms with Crippen molar-refractivity contribution in [1.29, 1.82) is 0 Å². The number of hydrogen-bond donors (Lipinski definition) is 2. The van der Waals surface area contributed by atoms with E-state index in [1.165, 1.54) is 6.20 Å². The van der Waals surface area contributed by atoms with E-state index in [1.807, 2.05) is 31.2 Å². The highest BCUT2D eigenvalue weighted by molar-refractivity contribution is 6.07. The minimum absolute atomic E-state index is 0.186. The largest absolute Gasteiger partial charge is 0.496 e. The van der Waals surface area contributed by atoms with Gasteiger partial charge in [0.15, 0.2) is 0 Å². The van der Waals surface area contributed by atoms with Gasteiger partial charge in [0.25, 0.3) is 5.91 Å². The highest BCUT2D eigenvalue weighted by Crippen LogP contribution is 2.36. The molecule has 3 aromatic rings.